The molecule has 0 spiro atoms. The monoisotopic (exact) mass is 338 g/mol. The van der Waals surface area contributed by atoms with Crippen molar-refractivity contribution >= 4 is 23.2 Å². The van der Waals surface area contributed by atoms with Crippen molar-refractivity contribution in [1.82, 2.24) is 20.3 Å². The molecule has 8 heteroatoms. The maximum Gasteiger partial charge on any atom is 0.232 e. The second-order valence-corrected chi connectivity index (χ2v) is 5.62. The summed E-state index contributed by atoms with van der Waals surface area (Å²) in [6, 6.07) is 5.00. The van der Waals surface area contributed by atoms with Gasteiger partial charge >= 0.3 is 0 Å². The number of aryl methyl sites for hydroxylation is 2. The molecule has 0 amide bonds. The zero-order valence-corrected chi connectivity index (χ0v) is 13.4. The van der Waals surface area contributed by atoms with Crippen LogP contribution in [0.2, 0.25) is 10.0 Å². The summed E-state index contributed by atoms with van der Waals surface area (Å²) in [5.74, 6) is 2.17. The SMILES string of the molecule is Cc1noc(Cc2n[nH]c(C)c2Oc2cc(Cl)cc(Cl)c2)n1. The first-order valence-electron chi connectivity index (χ1n) is 6.48. The number of halogens is 2. The van der Waals surface area contributed by atoms with Crippen LogP contribution in [0.15, 0.2) is 22.7 Å². The van der Waals surface area contributed by atoms with Crippen LogP contribution < -0.4 is 4.74 Å². The van der Waals surface area contributed by atoms with E-state index in [1.165, 1.54) is 0 Å². The lowest BCUT2D eigenvalue weighted by molar-refractivity contribution is 0.378. The highest BCUT2D eigenvalue weighted by Gasteiger charge is 2.16. The molecule has 0 bridgehead atoms. The van der Waals surface area contributed by atoms with Crippen LogP contribution in [-0.4, -0.2) is 20.3 Å². The van der Waals surface area contributed by atoms with Gasteiger partial charge in [-0.1, -0.05) is 28.4 Å². The van der Waals surface area contributed by atoms with Crippen LogP contribution in [0, 0.1) is 13.8 Å². The van der Waals surface area contributed by atoms with Gasteiger partial charge in [0.25, 0.3) is 0 Å². The van der Waals surface area contributed by atoms with Gasteiger partial charge in [-0.2, -0.15) is 10.1 Å². The van der Waals surface area contributed by atoms with Crippen molar-refractivity contribution in [3.8, 4) is 11.5 Å². The van der Waals surface area contributed by atoms with Crippen molar-refractivity contribution < 1.29 is 9.26 Å². The molecule has 1 N–H and O–H groups in total. The predicted molar refractivity (Wildman–Crippen MR) is 81.7 cm³/mol. The van der Waals surface area contributed by atoms with Gasteiger partial charge in [0.05, 0.1) is 12.1 Å². The fraction of sp³-hybridized carbons (Fsp3) is 0.214. The van der Waals surface area contributed by atoms with Crippen LogP contribution in [0.1, 0.15) is 23.1 Å². The molecule has 1 aromatic carbocycles. The van der Waals surface area contributed by atoms with Crippen LogP contribution in [0.4, 0.5) is 0 Å². The maximum atomic E-state index is 5.98. The molecule has 2 aromatic heterocycles. The molecule has 22 heavy (non-hydrogen) atoms. The highest BCUT2D eigenvalue weighted by atomic mass is 35.5. The van der Waals surface area contributed by atoms with E-state index in [9.17, 15) is 0 Å². The van der Waals surface area contributed by atoms with Crippen molar-refractivity contribution in [1.29, 1.82) is 0 Å². The first-order chi connectivity index (χ1) is 10.5. The summed E-state index contributed by atoms with van der Waals surface area (Å²) >= 11 is 12.0. The average Bonchev–Trinajstić information content (AvgIpc) is 2.98. The Bertz CT molecular complexity index is 793. The molecule has 0 aliphatic heterocycles. The third-order valence-electron chi connectivity index (χ3n) is 2.91. The Labute approximate surface area is 136 Å². The highest BCUT2D eigenvalue weighted by molar-refractivity contribution is 6.34. The fourth-order valence-electron chi connectivity index (χ4n) is 1.98. The summed E-state index contributed by atoms with van der Waals surface area (Å²) in [7, 11) is 0. The van der Waals surface area contributed by atoms with E-state index in [-0.39, 0.29) is 0 Å². The molecule has 3 rings (SSSR count). The van der Waals surface area contributed by atoms with Gasteiger partial charge in [0.2, 0.25) is 5.89 Å². The van der Waals surface area contributed by atoms with Crippen LogP contribution in [0.3, 0.4) is 0 Å². The van der Waals surface area contributed by atoms with E-state index in [1.54, 1.807) is 25.1 Å². The van der Waals surface area contributed by atoms with Gasteiger partial charge in [-0.3, -0.25) is 5.10 Å². The molecule has 0 radical (unpaired) electrons. The van der Waals surface area contributed by atoms with Crippen LogP contribution in [0.5, 0.6) is 11.5 Å². The molecule has 0 fully saturated rings. The molecular formula is C14H12Cl2N4O2. The van der Waals surface area contributed by atoms with Gasteiger partial charge in [-0.25, -0.2) is 0 Å². The molecule has 0 aliphatic rings. The number of benzene rings is 1. The van der Waals surface area contributed by atoms with Crippen molar-refractivity contribution in [3.05, 3.63) is 51.3 Å². The van der Waals surface area contributed by atoms with Crippen LogP contribution in [-0.2, 0) is 6.42 Å². The predicted octanol–water partition coefficient (Wildman–Crippen LogP) is 4.10. The van der Waals surface area contributed by atoms with E-state index in [2.05, 4.69) is 20.3 Å². The molecular weight excluding hydrogens is 327 g/mol. The minimum Gasteiger partial charge on any atom is -0.453 e. The van der Waals surface area contributed by atoms with Gasteiger partial charge in [-0.15, -0.1) is 0 Å². The minimum absolute atomic E-state index is 0.370. The van der Waals surface area contributed by atoms with Crippen LogP contribution >= 0.6 is 23.2 Å². The van der Waals surface area contributed by atoms with E-state index in [1.807, 2.05) is 6.92 Å². The minimum atomic E-state index is 0.370. The molecule has 0 unspecified atom stereocenters. The largest absolute Gasteiger partial charge is 0.453 e. The van der Waals surface area contributed by atoms with E-state index in [0.717, 1.165) is 5.69 Å². The van der Waals surface area contributed by atoms with Gasteiger partial charge < -0.3 is 9.26 Å². The Hall–Kier alpha value is -2.05. The lowest BCUT2D eigenvalue weighted by atomic mass is 10.2. The standard InChI is InChI=1S/C14H12Cl2N4O2/c1-7-14(21-11-4-9(15)3-10(16)5-11)12(19-18-7)6-13-17-8(2)20-22-13/h3-5H,6H2,1-2H3,(H,18,19). The maximum absolute atomic E-state index is 5.98. The number of ether oxygens (including phenoxy) is 1. The number of aromatic amines is 1. The smallest absolute Gasteiger partial charge is 0.232 e. The van der Waals surface area contributed by atoms with Crippen molar-refractivity contribution in [3.63, 3.8) is 0 Å². The molecule has 0 aliphatic carbocycles. The first kappa shape index (κ1) is 14.9. The van der Waals surface area contributed by atoms with E-state index in [4.69, 9.17) is 32.5 Å². The quantitative estimate of drug-likeness (QED) is 0.774. The molecule has 0 atom stereocenters. The number of rotatable bonds is 4. The Morgan fingerprint density at radius 3 is 2.55 bits per heavy atom. The Morgan fingerprint density at radius 2 is 1.91 bits per heavy atom. The summed E-state index contributed by atoms with van der Waals surface area (Å²) < 4.78 is 11.0. The third kappa shape index (κ3) is 3.23. The molecule has 114 valence electrons. The topological polar surface area (TPSA) is 76.8 Å². The number of hydrogen-bond donors (Lipinski definition) is 1. The third-order valence-corrected chi connectivity index (χ3v) is 3.34. The number of nitrogens with zero attached hydrogens (tertiary/aromatic N) is 3. The second kappa shape index (κ2) is 5.98. The molecule has 0 saturated heterocycles. The second-order valence-electron chi connectivity index (χ2n) is 4.74. The summed E-state index contributed by atoms with van der Waals surface area (Å²) in [4.78, 5) is 4.16. The van der Waals surface area contributed by atoms with Crippen molar-refractivity contribution in [2.24, 2.45) is 0 Å². The van der Waals surface area contributed by atoms with Gasteiger partial charge in [0.15, 0.2) is 11.6 Å². The summed E-state index contributed by atoms with van der Waals surface area (Å²) in [5, 5.41) is 11.9. The molecule has 6 nitrogen and oxygen atoms in total. The van der Waals surface area contributed by atoms with Gasteiger partial charge in [0.1, 0.15) is 11.4 Å². The number of nitrogens with one attached hydrogen (secondary N) is 1. The van der Waals surface area contributed by atoms with Crippen molar-refractivity contribution in [2.45, 2.75) is 20.3 Å². The molecule has 0 saturated carbocycles. The summed E-state index contributed by atoms with van der Waals surface area (Å²) in [5.41, 5.74) is 1.44. The first-order valence-corrected chi connectivity index (χ1v) is 7.24. The lowest BCUT2D eigenvalue weighted by Crippen LogP contribution is -1.94. The number of hydrogen-bond acceptors (Lipinski definition) is 5. The summed E-state index contributed by atoms with van der Waals surface area (Å²) in [6.45, 7) is 3.62. The van der Waals surface area contributed by atoms with E-state index < -0.39 is 0 Å². The van der Waals surface area contributed by atoms with Gasteiger partial charge in [-0.05, 0) is 32.0 Å². The zero-order valence-electron chi connectivity index (χ0n) is 11.9. The van der Waals surface area contributed by atoms with Crippen molar-refractivity contribution in [2.75, 3.05) is 0 Å². The van der Waals surface area contributed by atoms with Crippen LogP contribution in [0.25, 0.3) is 0 Å². The molecule has 2 heterocycles. The Kier molecular flexibility index (Phi) is 4.04. The fourth-order valence-corrected chi connectivity index (χ4v) is 2.49. The van der Waals surface area contributed by atoms with Gasteiger partial charge in [0, 0.05) is 10.0 Å². The molecule has 3 aromatic rings. The normalized spacial score (nSPS) is 10.9. The lowest BCUT2D eigenvalue weighted by Gasteiger charge is -2.07. The Balaban J connectivity index is 1.88. The van der Waals surface area contributed by atoms with E-state index >= 15 is 0 Å². The zero-order chi connectivity index (χ0) is 15.7. The highest BCUT2D eigenvalue weighted by Crippen LogP contribution is 2.32. The summed E-state index contributed by atoms with van der Waals surface area (Å²) in [6.07, 6.45) is 0.370. The average molecular weight is 339 g/mol. The Morgan fingerprint density at radius 1 is 1.18 bits per heavy atom. The number of H-pyrrole nitrogens is 1. The van der Waals surface area contributed by atoms with E-state index in [0.29, 0.717) is 45.4 Å². The number of aromatic nitrogens is 4.